The summed E-state index contributed by atoms with van der Waals surface area (Å²) in [7, 11) is 2.12. The summed E-state index contributed by atoms with van der Waals surface area (Å²) in [4.78, 5) is 40.3. The van der Waals surface area contributed by atoms with Gasteiger partial charge in [-0.3, -0.25) is 9.69 Å². The number of carboxylic acid groups (broad SMARTS) is 2. The van der Waals surface area contributed by atoms with Crippen LogP contribution in [-0.4, -0.2) is 113 Å². The lowest BCUT2D eigenvalue weighted by Gasteiger charge is -2.39. The number of nitrogens with zero attached hydrogens (tertiary/aromatic N) is 3. The molecule has 1 amide bonds. The first kappa shape index (κ1) is 32.8. The molecule has 39 heavy (non-hydrogen) atoms. The summed E-state index contributed by atoms with van der Waals surface area (Å²) in [6, 6.07) is 4.94. The molecule has 0 bridgehead atoms. The van der Waals surface area contributed by atoms with Crippen LogP contribution in [0.1, 0.15) is 29.0 Å². The highest BCUT2D eigenvalue weighted by atomic mass is 32.1. The number of alkyl halides is 6. The SMILES string of the molecule is Cc1ccc(CN2CC[C@H]3O[C@@H](C(=O)N4CCN(C)CC4)CC[C@H]32)s1.O=C(O)C(F)(F)F.O=C(O)C(F)(F)F. The van der Waals surface area contributed by atoms with Crippen molar-refractivity contribution < 1.29 is 55.7 Å². The van der Waals surface area contributed by atoms with Crippen LogP contribution >= 0.6 is 11.3 Å². The molecule has 0 saturated carbocycles. The van der Waals surface area contributed by atoms with Crippen LogP contribution in [0.15, 0.2) is 12.1 Å². The molecule has 0 aliphatic carbocycles. The van der Waals surface area contributed by atoms with E-state index in [-0.39, 0.29) is 18.1 Å². The lowest BCUT2D eigenvalue weighted by atomic mass is 9.98. The number of piperazine rings is 1. The minimum atomic E-state index is -5.08. The summed E-state index contributed by atoms with van der Waals surface area (Å²) in [6.07, 6.45) is -7.14. The van der Waals surface area contributed by atoms with Crippen LogP contribution in [-0.2, 0) is 25.7 Å². The third kappa shape index (κ3) is 10.2. The minimum absolute atomic E-state index is 0.214. The van der Waals surface area contributed by atoms with E-state index >= 15 is 0 Å². The van der Waals surface area contributed by atoms with Crippen molar-refractivity contribution in [2.24, 2.45) is 0 Å². The topological polar surface area (TPSA) is 111 Å². The molecule has 2 N–H and O–H groups in total. The average molecular weight is 592 g/mol. The van der Waals surface area contributed by atoms with E-state index in [0.717, 1.165) is 58.5 Å². The molecule has 16 heteroatoms. The Morgan fingerprint density at radius 1 is 0.923 bits per heavy atom. The Bertz CT molecular complexity index is 956. The highest BCUT2D eigenvalue weighted by Gasteiger charge is 2.43. The van der Waals surface area contributed by atoms with E-state index in [1.165, 1.54) is 9.75 Å². The molecule has 3 atom stereocenters. The van der Waals surface area contributed by atoms with E-state index in [1.54, 1.807) is 0 Å². The molecule has 9 nitrogen and oxygen atoms in total. The molecule has 222 valence electrons. The molecule has 0 unspecified atom stereocenters. The van der Waals surface area contributed by atoms with Crippen molar-refractivity contribution in [1.82, 2.24) is 14.7 Å². The van der Waals surface area contributed by atoms with Gasteiger partial charge >= 0.3 is 24.3 Å². The van der Waals surface area contributed by atoms with E-state index in [1.807, 2.05) is 16.2 Å². The van der Waals surface area contributed by atoms with Gasteiger partial charge in [0.1, 0.15) is 6.10 Å². The van der Waals surface area contributed by atoms with Gasteiger partial charge in [-0.05, 0) is 45.4 Å². The van der Waals surface area contributed by atoms with E-state index < -0.39 is 24.3 Å². The number of carbonyl (C=O) groups excluding carboxylic acids is 1. The van der Waals surface area contributed by atoms with Gasteiger partial charge in [0.25, 0.3) is 5.91 Å². The average Bonchev–Trinajstić information content (AvgIpc) is 3.44. The summed E-state index contributed by atoms with van der Waals surface area (Å²) in [6.45, 7) is 7.90. The van der Waals surface area contributed by atoms with Crippen molar-refractivity contribution in [2.45, 2.75) is 63.3 Å². The molecule has 4 rings (SSSR count). The Kier molecular flexibility index (Phi) is 11.6. The molecule has 0 aromatic carbocycles. The van der Waals surface area contributed by atoms with Crippen LogP contribution < -0.4 is 0 Å². The molecule has 3 fully saturated rings. The first-order chi connectivity index (χ1) is 18.0. The van der Waals surface area contributed by atoms with E-state index in [0.29, 0.717) is 6.04 Å². The summed E-state index contributed by atoms with van der Waals surface area (Å²) in [5.74, 6) is -5.29. The Morgan fingerprint density at radius 3 is 1.92 bits per heavy atom. The summed E-state index contributed by atoms with van der Waals surface area (Å²) in [5, 5.41) is 14.2. The number of halogens is 6. The van der Waals surface area contributed by atoms with Gasteiger partial charge in [-0.25, -0.2) is 9.59 Å². The fourth-order valence-corrected chi connectivity index (χ4v) is 5.31. The highest BCUT2D eigenvalue weighted by molar-refractivity contribution is 7.11. The lowest BCUT2D eigenvalue weighted by Crippen LogP contribution is -2.53. The van der Waals surface area contributed by atoms with Crippen molar-refractivity contribution >= 4 is 29.2 Å². The predicted molar refractivity (Wildman–Crippen MR) is 127 cm³/mol. The third-order valence-electron chi connectivity index (χ3n) is 6.39. The molecule has 0 spiro atoms. The second-order valence-electron chi connectivity index (χ2n) is 9.31. The number of likely N-dealkylation sites (tertiary alicyclic amines) is 1. The number of fused-ring (bicyclic) bond motifs is 1. The van der Waals surface area contributed by atoms with Gasteiger partial charge < -0.3 is 24.7 Å². The normalized spacial score (nSPS) is 24.1. The maximum Gasteiger partial charge on any atom is 0.490 e. The van der Waals surface area contributed by atoms with Crippen molar-refractivity contribution in [3.63, 3.8) is 0 Å². The van der Waals surface area contributed by atoms with Gasteiger partial charge in [0.15, 0.2) is 0 Å². The number of thiophene rings is 1. The van der Waals surface area contributed by atoms with Crippen LogP contribution in [0.3, 0.4) is 0 Å². The molecule has 1 aromatic rings. The smallest absolute Gasteiger partial charge is 0.475 e. The Labute approximate surface area is 224 Å². The first-order valence-electron chi connectivity index (χ1n) is 12.0. The van der Waals surface area contributed by atoms with E-state index in [2.05, 4.69) is 35.9 Å². The summed E-state index contributed by atoms with van der Waals surface area (Å²) in [5.41, 5.74) is 0. The Balaban J connectivity index is 0.000000317. The monoisotopic (exact) mass is 591 g/mol. The zero-order valence-electron chi connectivity index (χ0n) is 21.3. The highest BCUT2D eigenvalue weighted by Crippen LogP contribution is 2.34. The van der Waals surface area contributed by atoms with Gasteiger partial charge in [-0.1, -0.05) is 0 Å². The number of carboxylic acids is 2. The number of aliphatic carboxylic acids is 2. The van der Waals surface area contributed by atoms with Crippen molar-refractivity contribution in [3.05, 3.63) is 21.9 Å². The summed E-state index contributed by atoms with van der Waals surface area (Å²) < 4.78 is 69.8. The first-order valence-corrected chi connectivity index (χ1v) is 12.8. The molecule has 0 radical (unpaired) electrons. The van der Waals surface area contributed by atoms with Crippen LogP contribution in [0.4, 0.5) is 26.3 Å². The number of rotatable bonds is 3. The molecular weight excluding hydrogens is 560 g/mol. The zero-order chi connectivity index (χ0) is 29.5. The van der Waals surface area contributed by atoms with E-state index in [9.17, 15) is 31.1 Å². The molecule has 1 aromatic heterocycles. The van der Waals surface area contributed by atoms with Crippen molar-refractivity contribution in [1.29, 1.82) is 0 Å². The number of ether oxygens (including phenoxy) is 1. The fourth-order valence-electron chi connectivity index (χ4n) is 4.39. The number of likely N-dealkylation sites (N-methyl/N-ethyl adjacent to an activating group) is 1. The number of carbonyl (C=O) groups is 3. The zero-order valence-corrected chi connectivity index (χ0v) is 22.1. The van der Waals surface area contributed by atoms with Crippen molar-refractivity contribution in [3.8, 4) is 0 Å². The van der Waals surface area contributed by atoms with Gasteiger partial charge in [0.05, 0.1) is 6.10 Å². The second-order valence-corrected chi connectivity index (χ2v) is 10.7. The number of amides is 1. The van der Waals surface area contributed by atoms with Crippen LogP contribution in [0.5, 0.6) is 0 Å². The van der Waals surface area contributed by atoms with Gasteiger partial charge in [-0.2, -0.15) is 26.3 Å². The second kappa shape index (κ2) is 13.8. The predicted octanol–water partition coefficient (Wildman–Crippen LogP) is 3.22. The van der Waals surface area contributed by atoms with Gasteiger partial charge in [-0.15, -0.1) is 11.3 Å². The van der Waals surface area contributed by atoms with E-state index in [4.69, 9.17) is 24.5 Å². The van der Waals surface area contributed by atoms with Gasteiger partial charge in [0, 0.05) is 55.1 Å². The Morgan fingerprint density at radius 2 is 1.46 bits per heavy atom. The number of aryl methyl sites for hydroxylation is 1. The fraction of sp³-hybridized carbons (Fsp3) is 0.696. The molecule has 3 saturated heterocycles. The quantitative estimate of drug-likeness (QED) is 0.516. The molecule has 3 aliphatic heterocycles. The molecule has 3 aliphatic rings. The van der Waals surface area contributed by atoms with Crippen LogP contribution in [0.2, 0.25) is 0 Å². The minimum Gasteiger partial charge on any atom is -0.475 e. The van der Waals surface area contributed by atoms with Crippen LogP contribution in [0, 0.1) is 6.92 Å². The van der Waals surface area contributed by atoms with Crippen molar-refractivity contribution in [2.75, 3.05) is 39.8 Å². The molecule has 4 heterocycles. The number of hydrogen-bond acceptors (Lipinski definition) is 7. The maximum absolute atomic E-state index is 12.8. The largest absolute Gasteiger partial charge is 0.490 e. The van der Waals surface area contributed by atoms with Crippen LogP contribution in [0.25, 0.3) is 0 Å². The summed E-state index contributed by atoms with van der Waals surface area (Å²) >= 11 is 1.89. The lowest BCUT2D eigenvalue weighted by molar-refractivity contribution is -0.193. The Hall–Kier alpha value is -2.43. The maximum atomic E-state index is 12.8. The molecular formula is C23H31F6N3O6S. The van der Waals surface area contributed by atoms with Gasteiger partial charge in [0.2, 0.25) is 0 Å². The third-order valence-corrected chi connectivity index (χ3v) is 7.38. The number of hydrogen-bond donors (Lipinski definition) is 2. The standard InChI is InChI=1S/C19H29N3O2S.2C2HF3O2/c1-14-3-4-15(25-14)13-22-8-7-17-16(22)5-6-18(24-17)19(23)21-11-9-20(2)10-12-21;2*3-2(4,5)1(6)7/h3-4,16-18H,5-13H2,1-2H3;2*(H,6,7)/t16-,17-,18-;;/m1../s1.